The minimum absolute atomic E-state index is 0.989. The van der Waals surface area contributed by atoms with Crippen LogP contribution >= 0.6 is 11.8 Å². The molecule has 0 radical (unpaired) electrons. The highest BCUT2D eigenvalue weighted by Crippen LogP contribution is 2.31. The first-order valence-corrected chi connectivity index (χ1v) is 5.68. The average molecular weight is 158 g/mol. The molecule has 0 nitrogen and oxygen atoms in total. The lowest BCUT2D eigenvalue weighted by molar-refractivity contribution is 0.356. The Bertz CT molecular complexity index is 70.7. The predicted molar refractivity (Wildman–Crippen MR) is 49.6 cm³/mol. The normalized spacial score (nSPS) is 34.2. The Kier molecular flexibility index (Phi) is 3.61. The summed E-state index contributed by atoms with van der Waals surface area (Å²) in [6.45, 7) is 2.32. The molecule has 1 saturated carbocycles. The van der Waals surface area contributed by atoms with E-state index in [1.807, 2.05) is 0 Å². The Morgan fingerprint density at radius 3 is 2.20 bits per heavy atom. The third-order valence-electron chi connectivity index (χ3n) is 2.70. The van der Waals surface area contributed by atoms with Gasteiger partial charge in [-0.3, -0.25) is 0 Å². The lowest BCUT2D eigenvalue weighted by Crippen LogP contribution is -2.14. The van der Waals surface area contributed by atoms with Crippen molar-refractivity contribution in [3.8, 4) is 0 Å². The fourth-order valence-electron chi connectivity index (χ4n) is 1.78. The van der Waals surface area contributed by atoms with Crippen LogP contribution in [0.4, 0.5) is 0 Å². The Morgan fingerprint density at radius 1 is 1.20 bits per heavy atom. The molecule has 1 rings (SSSR count). The monoisotopic (exact) mass is 158 g/mol. The molecule has 1 aliphatic rings. The van der Waals surface area contributed by atoms with Crippen molar-refractivity contribution >= 4 is 11.8 Å². The molecular formula is C9H18S. The molecule has 0 aliphatic heterocycles. The summed E-state index contributed by atoms with van der Waals surface area (Å²) in [5, 5.41) is 0.989. The zero-order valence-corrected chi connectivity index (χ0v) is 7.91. The minimum atomic E-state index is 0.989. The number of rotatable bonds is 2. The fraction of sp³-hybridized carbons (Fsp3) is 1.00. The summed E-state index contributed by atoms with van der Waals surface area (Å²) >= 11 is 2.06. The molecule has 1 aliphatic carbocycles. The minimum Gasteiger partial charge on any atom is -0.162 e. The zero-order valence-electron chi connectivity index (χ0n) is 7.10. The van der Waals surface area contributed by atoms with Crippen molar-refractivity contribution in [2.45, 2.75) is 44.3 Å². The van der Waals surface area contributed by atoms with Crippen LogP contribution in [-0.2, 0) is 0 Å². The third kappa shape index (κ3) is 2.19. The van der Waals surface area contributed by atoms with Crippen LogP contribution in [0.1, 0.15) is 39.0 Å². The number of thioether (sulfide) groups is 1. The molecule has 0 saturated heterocycles. The summed E-state index contributed by atoms with van der Waals surface area (Å²) in [6, 6.07) is 0. The fourth-order valence-corrected chi connectivity index (χ4v) is 2.52. The van der Waals surface area contributed by atoms with Gasteiger partial charge in [-0.05, 0) is 37.9 Å². The largest absolute Gasteiger partial charge is 0.162 e. The van der Waals surface area contributed by atoms with E-state index in [2.05, 4.69) is 24.9 Å². The Balaban J connectivity index is 2.17. The van der Waals surface area contributed by atoms with E-state index < -0.39 is 0 Å². The molecule has 0 aromatic carbocycles. The molecule has 60 valence electrons. The van der Waals surface area contributed by atoms with Crippen molar-refractivity contribution in [2.75, 3.05) is 6.26 Å². The molecule has 0 aromatic rings. The average Bonchev–Trinajstić information content (AvgIpc) is 2.05. The molecule has 1 heteroatoms. The second-order valence-electron chi connectivity index (χ2n) is 3.29. The van der Waals surface area contributed by atoms with Crippen molar-refractivity contribution < 1.29 is 0 Å². The maximum Gasteiger partial charge on any atom is 0.00444 e. The maximum atomic E-state index is 2.32. The van der Waals surface area contributed by atoms with Crippen molar-refractivity contribution in [1.29, 1.82) is 0 Å². The van der Waals surface area contributed by atoms with E-state index in [1.165, 1.54) is 32.1 Å². The Labute approximate surface area is 68.8 Å². The third-order valence-corrected chi connectivity index (χ3v) is 3.84. The first-order valence-electron chi connectivity index (χ1n) is 4.39. The molecule has 0 heterocycles. The van der Waals surface area contributed by atoms with E-state index in [1.54, 1.807) is 0 Å². The van der Waals surface area contributed by atoms with Crippen LogP contribution in [0.5, 0.6) is 0 Å². The second-order valence-corrected chi connectivity index (χ2v) is 4.42. The molecule has 0 unspecified atom stereocenters. The summed E-state index contributed by atoms with van der Waals surface area (Å²) in [5.41, 5.74) is 0. The summed E-state index contributed by atoms with van der Waals surface area (Å²) in [7, 11) is 0. The van der Waals surface area contributed by atoms with Gasteiger partial charge >= 0.3 is 0 Å². The summed E-state index contributed by atoms with van der Waals surface area (Å²) in [4.78, 5) is 0. The molecule has 0 atom stereocenters. The van der Waals surface area contributed by atoms with Gasteiger partial charge in [0.1, 0.15) is 0 Å². The highest BCUT2D eigenvalue weighted by Gasteiger charge is 2.18. The quantitative estimate of drug-likeness (QED) is 0.594. The standard InChI is InChI=1S/C9H18S/c1-3-8-4-6-9(10-2)7-5-8/h8-9H,3-7H2,1-2H3. The van der Waals surface area contributed by atoms with E-state index in [0.29, 0.717) is 0 Å². The van der Waals surface area contributed by atoms with Crippen LogP contribution in [0.15, 0.2) is 0 Å². The van der Waals surface area contributed by atoms with Gasteiger partial charge in [0.2, 0.25) is 0 Å². The molecule has 0 amide bonds. The van der Waals surface area contributed by atoms with Gasteiger partial charge in [0.05, 0.1) is 0 Å². The summed E-state index contributed by atoms with van der Waals surface area (Å²) < 4.78 is 0. The van der Waals surface area contributed by atoms with Crippen LogP contribution in [0, 0.1) is 5.92 Å². The first kappa shape index (κ1) is 8.45. The van der Waals surface area contributed by atoms with Crippen LogP contribution in [-0.4, -0.2) is 11.5 Å². The zero-order chi connectivity index (χ0) is 7.40. The van der Waals surface area contributed by atoms with Gasteiger partial charge in [-0.2, -0.15) is 11.8 Å². The second kappa shape index (κ2) is 4.27. The maximum absolute atomic E-state index is 2.32. The van der Waals surface area contributed by atoms with E-state index >= 15 is 0 Å². The Morgan fingerprint density at radius 2 is 1.80 bits per heavy atom. The first-order chi connectivity index (χ1) is 4.86. The SMILES string of the molecule is CCC1CCC(SC)CC1. The van der Waals surface area contributed by atoms with E-state index in [0.717, 1.165) is 11.2 Å². The topological polar surface area (TPSA) is 0 Å². The molecule has 0 spiro atoms. The molecule has 0 N–H and O–H groups in total. The van der Waals surface area contributed by atoms with E-state index in [-0.39, 0.29) is 0 Å². The number of hydrogen-bond donors (Lipinski definition) is 0. The van der Waals surface area contributed by atoms with Crippen LogP contribution in [0.25, 0.3) is 0 Å². The summed E-state index contributed by atoms with van der Waals surface area (Å²) in [6.07, 6.45) is 9.57. The molecule has 10 heavy (non-hydrogen) atoms. The lowest BCUT2D eigenvalue weighted by atomic mass is 9.87. The van der Waals surface area contributed by atoms with Gasteiger partial charge in [-0.15, -0.1) is 0 Å². The molecule has 1 fully saturated rings. The number of hydrogen-bond acceptors (Lipinski definition) is 1. The highest BCUT2D eigenvalue weighted by atomic mass is 32.2. The van der Waals surface area contributed by atoms with E-state index in [4.69, 9.17) is 0 Å². The van der Waals surface area contributed by atoms with Crippen molar-refractivity contribution in [3.63, 3.8) is 0 Å². The molecular weight excluding hydrogens is 140 g/mol. The van der Waals surface area contributed by atoms with Gasteiger partial charge in [0.15, 0.2) is 0 Å². The van der Waals surface area contributed by atoms with Gasteiger partial charge < -0.3 is 0 Å². The van der Waals surface area contributed by atoms with Gasteiger partial charge in [0, 0.05) is 5.25 Å². The van der Waals surface area contributed by atoms with Crippen LogP contribution in [0.2, 0.25) is 0 Å². The van der Waals surface area contributed by atoms with Crippen molar-refractivity contribution in [1.82, 2.24) is 0 Å². The van der Waals surface area contributed by atoms with Gasteiger partial charge in [-0.1, -0.05) is 13.3 Å². The Hall–Kier alpha value is 0.350. The molecule has 0 bridgehead atoms. The summed E-state index contributed by atoms with van der Waals surface area (Å²) in [5.74, 6) is 1.06. The van der Waals surface area contributed by atoms with Crippen molar-refractivity contribution in [3.05, 3.63) is 0 Å². The highest BCUT2D eigenvalue weighted by molar-refractivity contribution is 7.99. The van der Waals surface area contributed by atoms with Crippen LogP contribution < -0.4 is 0 Å². The smallest absolute Gasteiger partial charge is 0.00444 e. The van der Waals surface area contributed by atoms with E-state index in [9.17, 15) is 0 Å². The van der Waals surface area contributed by atoms with Crippen LogP contribution in [0.3, 0.4) is 0 Å². The van der Waals surface area contributed by atoms with Gasteiger partial charge in [0.25, 0.3) is 0 Å². The lowest BCUT2D eigenvalue weighted by Gasteiger charge is -2.26. The van der Waals surface area contributed by atoms with Gasteiger partial charge in [-0.25, -0.2) is 0 Å². The predicted octanol–water partition coefficient (Wildman–Crippen LogP) is 3.32. The van der Waals surface area contributed by atoms with Crippen molar-refractivity contribution in [2.24, 2.45) is 5.92 Å². The molecule has 0 aromatic heterocycles.